The highest BCUT2D eigenvalue weighted by atomic mass is 16.1. The highest BCUT2D eigenvalue weighted by molar-refractivity contribution is 5.49. The highest BCUT2D eigenvalue weighted by Gasteiger charge is 1.86. The fourth-order valence-electron chi connectivity index (χ4n) is 0.319. The van der Waals surface area contributed by atoms with Crippen molar-refractivity contribution in [3.63, 3.8) is 0 Å². The van der Waals surface area contributed by atoms with Crippen LogP contribution in [-0.2, 0) is 11.3 Å². The van der Waals surface area contributed by atoms with Gasteiger partial charge in [0.25, 0.3) is 0 Å². The van der Waals surface area contributed by atoms with Crippen LogP contribution in [0.15, 0.2) is 6.33 Å². The van der Waals surface area contributed by atoms with E-state index in [9.17, 15) is 4.79 Å². The molecule has 5 nitrogen and oxygen atoms in total. The van der Waals surface area contributed by atoms with Crippen LogP contribution in [-0.4, -0.2) is 26.5 Å². The smallest absolute Gasteiger partial charge is 0.223 e. The molecule has 0 saturated heterocycles. The molecule has 0 unspecified atom stereocenters. The van der Waals surface area contributed by atoms with E-state index in [1.807, 2.05) is 0 Å². The van der Waals surface area contributed by atoms with Crippen LogP contribution in [0.1, 0.15) is 0 Å². The Morgan fingerprint density at radius 1 is 1.75 bits per heavy atom. The first-order valence-electron chi connectivity index (χ1n) is 1.99. The number of carbonyl (C=O) groups excluding carboxylic acids is 1. The van der Waals surface area contributed by atoms with Crippen LogP contribution in [0.25, 0.3) is 0 Å². The molecule has 0 spiro atoms. The third kappa shape index (κ3) is 0.868. The maximum Gasteiger partial charge on any atom is 0.223 e. The number of hydrogen-bond acceptors (Lipinski definition) is 4. The third-order valence-electron chi connectivity index (χ3n) is 0.597. The summed E-state index contributed by atoms with van der Waals surface area (Å²) < 4.78 is 0. The molecule has 8 heavy (non-hydrogen) atoms. The molecule has 0 aliphatic heterocycles. The van der Waals surface area contributed by atoms with Gasteiger partial charge in [-0.1, -0.05) is 0 Å². The van der Waals surface area contributed by atoms with Crippen LogP contribution in [0.4, 0.5) is 0 Å². The third-order valence-corrected chi connectivity index (χ3v) is 0.597. The Bertz CT molecular complexity index is 158. The minimum absolute atomic E-state index is 0.0556. The molecule has 0 N–H and O–H groups in total. The van der Waals surface area contributed by atoms with Crippen LogP contribution in [0.3, 0.4) is 0 Å². The molecule has 0 fully saturated rings. The van der Waals surface area contributed by atoms with Crippen molar-refractivity contribution in [2.45, 2.75) is 6.54 Å². The lowest BCUT2D eigenvalue weighted by Gasteiger charge is -1.81. The second-order valence-corrected chi connectivity index (χ2v) is 1.11. The van der Waals surface area contributed by atoms with Gasteiger partial charge in [0.1, 0.15) is 6.54 Å². The average Bonchev–Trinajstić information content (AvgIpc) is 2.19. The first-order valence-corrected chi connectivity index (χ1v) is 1.99. The van der Waals surface area contributed by atoms with Gasteiger partial charge in [0, 0.05) is 0 Å². The van der Waals surface area contributed by atoms with Crippen molar-refractivity contribution in [3.05, 3.63) is 6.33 Å². The van der Waals surface area contributed by atoms with E-state index in [2.05, 4.69) is 15.4 Å². The average molecular weight is 111 g/mol. The zero-order chi connectivity index (χ0) is 5.82. The summed E-state index contributed by atoms with van der Waals surface area (Å²) in [5.41, 5.74) is 0. The van der Waals surface area contributed by atoms with Gasteiger partial charge < -0.3 is 0 Å². The first-order chi connectivity index (χ1) is 3.93. The minimum Gasteiger partial charge on any atom is -0.289 e. The standard InChI is InChI=1S/C3H3N4O/c8-2-1-7-5-3-4-6-7/h3H,1H2. The van der Waals surface area contributed by atoms with Crippen molar-refractivity contribution in [2.75, 3.05) is 0 Å². The van der Waals surface area contributed by atoms with E-state index in [1.54, 1.807) is 6.29 Å². The second kappa shape index (κ2) is 2.15. The number of aromatic nitrogens is 4. The van der Waals surface area contributed by atoms with Crippen LogP contribution < -0.4 is 0 Å². The summed E-state index contributed by atoms with van der Waals surface area (Å²) in [6.07, 6.45) is 2.88. The molecule has 0 aliphatic rings. The maximum absolute atomic E-state index is 9.62. The van der Waals surface area contributed by atoms with Crippen LogP contribution in [0, 0.1) is 0 Å². The van der Waals surface area contributed by atoms with Gasteiger partial charge in [0.15, 0.2) is 6.33 Å². The van der Waals surface area contributed by atoms with Crippen molar-refractivity contribution in [1.29, 1.82) is 0 Å². The summed E-state index contributed by atoms with van der Waals surface area (Å²) in [6.45, 7) is 0.0556. The maximum atomic E-state index is 9.62. The molecule has 0 saturated carbocycles. The highest BCUT2D eigenvalue weighted by Crippen LogP contribution is 1.66. The molecule has 1 aromatic heterocycles. The van der Waals surface area contributed by atoms with Crippen molar-refractivity contribution < 1.29 is 4.79 Å². The molecule has 1 aromatic rings. The molecule has 1 rings (SSSR count). The summed E-state index contributed by atoms with van der Waals surface area (Å²) in [4.78, 5) is 10.8. The molecule has 0 bridgehead atoms. The van der Waals surface area contributed by atoms with E-state index in [1.165, 1.54) is 6.33 Å². The molecule has 0 aromatic carbocycles. The van der Waals surface area contributed by atoms with Gasteiger partial charge >= 0.3 is 0 Å². The number of rotatable bonds is 2. The van der Waals surface area contributed by atoms with Crippen LogP contribution in [0.2, 0.25) is 0 Å². The Balaban J connectivity index is 2.62. The topological polar surface area (TPSA) is 60.7 Å². The van der Waals surface area contributed by atoms with Crippen molar-refractivity contribution >= 4 is 6.29 Å². The van der Waals surface area contributed by atoms with E-state index in [0.717, 1.165) is 4.80 Å². The Kier molecular flexibility index (Phi) is 1.32. The van der Waals surface area contributed by atoms with Crippen molar-refractivity contribution in [1.82, 2.24) is 20.2 Å². The summed E-state index contributed by atoms with van der Waals surface area (Å²) in [5, 5.41) is 10.3. The summed E-state index contributed by atoms with van der Waals surface area (Å²) >= 11 is 0. The number of nitrogens with zero attached hydrogens (tertiary/aromatic N) is 4. The molecule has 0 aliphatic carbocycles. The van der Waals surface area contributed by atoms with E-state index in [0.29, 0.717) is 0 Å². The molecule has 5 heteroatoms. The molecular formula is C3H3N4O. The molecular weight excluding hydrogens is 108 g/mol. The fourth-order valence-corrected chi connectivity index (χ4v) is 0.319. The Morgan fingerprint density at radius 3 is 3.12 bits per heavy atom. The second-order valence-electron chi connectivity index (χ2n) is 1.11. The van der Waals surface area contributed by atoms with Crippen molar-refractivity contribution in [2.24, 2.45) is 0 Å². The summed E-state index contributed by atoms with van der Waals surface area (Å²) in [5.74, 6) is 0. The predicted octanol–water partition coefficient (Wildman–Crippen LogP) is -1.22. The zero-order valence-electron chi connectivity index (χ0n) is 3.98. The fraction of sp³-hybridized carbons (Fsp3) is 0.333. The number of tetrazole rings is 1. The van der Waals surface area contributed by atoms with Gasteiger partial charge in [-0.05, 0) is 5.21 Å². The minimum atomic E-state index is 0.0556. The van der Waals surface area contributed by atoms with E-state index in [-0.39, 0.29) is 6.54 Å². The van der Waals surface area contributed by atoms with Gasteiger partial charge in [-0.3, -0.25) is 4.79 Å². The number of hydrogen-bond donors (Lipinski definition) is 0. The largest absolute Gasteiger partial charge is 0.289 e. The Labute approximate surface area is 45.3 Å². The van der Waals surface area contributed by atoms with Gasteiger partial charge in [0.05, 0.1) is 0 Å². The lowest BCUT2D eigenvalue weighted by atomic mass is 10.8. The quantitative estimate of drug-likeness (QED) is 0.480. The monoisotopic (exact) mass is 111 g/mol. The van der Waals surface area contributed by atoms with Crippen LogP contribution >= 0.6 is 0 Å². The lowest BCUT2D eigenvalue weighted by Crippen LogP contribution is -2.02. The summed E-state index contributed by atoms with van der Waals surface area (Å²) in [6, 6.07) is 0. The Morgan fingerprint density at radius 2 is 2.62 bits per heavy atom. The molecule has 0 amide bonds. The zero-order valence-corrected chi connectivity index (χ0v) is 3.98. The molecule has 41 valence electrons. The van der Waals surface area contributed by atoms with Gasteiger partial charge in [-0.15, -0.1) is 10.2 Å². The molecule has 0 atom stereocenters. The lowest BCUT2D eigenvalue weighted by molar-refractivity contribution is 0.518. The van der Waals surface area contributed by atoms with Crippen LogP contribution in [0.5, 0.6) is 0 Å². The van der Waals surface area contributed by atoms with Gasteiger partial charge in [-0.2, -0.15) is 4.80 Å². The summed E-state index contributed by atoms with van der Waals surface area (Å²) in [7, 11) is 0. The van der Waals surface area contributed by atoms with Gasteiger partial charge in [-0.25, -0.2) is 0 Å². The van der Waals surface area contributed by atoms with E-state index >= 15 is 0 Å². The van der Waals surface area contributed by atoms with Gasteiger partial charge in [0.2, 0.25) is 6.29 Å². The SMILES string of the molecule is O=[C]Cn1ncnn1. The van der Waals surface area contributed by atoms with E-state index in [4.69, 9.17) is 0 Å². The molecule has 1 heterocycles. The first kappa shape index (κ1) is 4.89. The van der Waals surface area contributed by atoms with Crippen molar-refractivity contribution in [3.8, 4) is 0 Å². The van der Waals surface area contributed by atoms with E-state index < -0.39 is 0 Å². The Hall–Kier alpha value is -1.26. The molecule has 1 radical (unpaired) electrons. The normalized spacial score (nSPS) is 9.00. The predicted molar refractivity (Wildman–Crippen MR) is 23.5 cm³/mol.